The second-order valence-electron chi connectivity index (χ2n) is 5.28. The topological polar surface area (TPSA) is 54.7 Å². The molecule has 0 bridgehead atoms. The van der Waals surface area contributed by atoms with Gasteiger partial charge >= 0.3 is 0 Å². The molecule has 0 aliphatic heterocycles. The highest BCUT2D eigenvalue weighted by Crippen LogP contribution is 2.30. The fraction of sp³-hybridized carbons (Fsp3) is 0.500. The average molecular weight is 298 g/mol. The maximum Gasteiger partial charge on any atom is 0.106 e. The Morgan fingerprint density at radius 1 is 1.42 bits per heavy atom. The molecule has 2 rings (SSSR count). The Morgan fingerprint density at radius 2 is 2.21 bits per heavy atom. The maximum absolute atomic E-state index is 5.95. The first kappa shape index (κ1) is 14.6. The molecule has 0 fully saturated rings. The van der Waals surface area contributed by atoms with Gasteiger partial charge in [-0.2, -0.15) is 0 Å². The van der Waals surface area contributed by atoms with E-state index in [0.29, 0.717) is 18.4 Å². The highest BCUT2D eigenvalue weighted by atomic mass is 35.5. The number of aromatic amines is 1. The van der Waals surface area contributed by atoms with Crippen molar-refractivity contribution in [2.45, 2.75) is 26.7 Å². The molecule has 2 heterocycles. The standard InChI is InChI=1S/C14H20ClN3S/c1-9(2)5-10(7-16)6-14-17-8-11(18-14)12-3-4-13(15)19-12/h3-4,8-10H,5-7,16H2,1-2H3,(H,17,18). The summed E-state index contributed by atoms with van der Waals surface area (Å²) >= 11 is 7.51. The summed E-state index contributed by atoms with van der Waals surface area (Å²) in [6, 6.07) is 3.92. The summed E-state index contributed by atoms with van der Waals surface area (Å²) in [5, 5.41) is 0. The van der Waals surface area contributed by atoms with Gasteiger partial charge in [-0.15, -0.1) is 11.3 Å². The normalized spacial score (nSPS) is 13.1. The van der Waals surface area contributed by atoms with Gasteiger partial charge in [-0.1, -0.05) is 25.4 Å². The van der Waals surface area contributed by atoms with Crippen molar-refractivity contribution in [3.05, 3.63) is 28.5 Å². The molecule has 2 aromatic rings. The van der Waals surface area contributed by atoms with E-state index >= 15 is 0 Å². The molecule has 19 heavy (non-hydrogen) atoms. The summed E-state index contributed by atoms with van der Waals surface area (Å²) in [5.41, 5.74) is 6.87. The SMILES string of the molecule is CC(C)CC(CN)Cc1ncc(-c2ccc(Cl)s2)[nH]1. The van der Waals surface area contributed by atoms with Gasteiger partial charge in [-0.25, -0.2) is 4.98 Å². The Hall–Kier alpha value is -0.840. The zero-order chi connectivity index (χ0) is 13.8. The van der Waals surface area contributed by atoms with E-state index in [1.807, 2.05) is 18.3 Å². The monoisotopic (exact) mass is 297 g/mol. The maximum atomic E-state index is 5.95. The van der Waals surface area contributed by atoms with Crippen LogP contribution in [-0.4, -0.2) is 16.5 Å². The van der Waals surface area contributed by atoms with Crippen LogP contribution in [0.25, 0.3) is 10.6 Å². The number of rotatable bonds is 6. The van der Waals surface area contributed by atoms with Crippen molar-refractivity contribution in [3.63, 3.8) is 0 Å². The number of halogens is 1. The molecule has 1 atom stereocenters. The number of nitrogens with one attached hydrogen (secondary N) is 1. The molecule has 0 amide bonds. The van der Waals surface area contributed by atoms with Gasteiger partial charge in [-0.3, -0.25) is 0 Å². The van der Waals surface area contributed by atoms with Crippen molar-refractivity contribution < 1.29 is 0 Å². The lowest BCUT2D eigenvalue weighted by Gasteiger charge is -2.15. The Bertz CT molecular complexity index is 518. The molecule has 0 saturated carbocycles. The highest BCUT2D eigenvalue weighted by molar-refractivity contribution is 7.19. The van der Waals surface area contributed by atoms with Gasteiger partial charge in [0.05, 0.1) is 21.1 Å². The third kappa shape index (κ3) is 4.06. The molecule has 0 aromatic carbocycles. The molecule has 0 radical (unpaired) electrons. The fourth-order valence-electron chi connectivity index (χ4n) is 2.25. The molecule has 1 unspecified atom stereocenters. The van der Waals surface area contributed by atoms with Crippen LogP contribution < -0.4 is 5.73 Å². The van der Waals surface area contributed by atoms with E-state index in [1.54, 1.807) is 11.3 Å². The van der Waals surface area contributed by atoms with E-state index in [-0.39, 0.29) is 0 Å². The van der Waals surface area contributed by atoms with Crippen LogP contribution in [0.5, 0.6) is 0 Å². The lowest BCUT2D eigenvalue weighted by Crippen LogP contribution is -2.19. The molecule has 0 aliphatic carbocycles. The van der Waals surface area contributed by atoms with Crippen LogP contribution in [0.3, 0.4) is 0 Å². The largest absolute Gasteiger partial charge is 0.341 e. The molecule has 3 nitrogen and oxygen atoms in total. The van der Waals surface area contributed by atoms with Gasteiger partial charge < -0.3 is 10.7 Å². The minimum absolute atomic E-state index is 0.492. The quantitative estimate of drug-likeness (QED) is 0.848. The summed E-state index contributed by atoms with van der Waals surface area (Å²) < 4.78 is 0.797. The summed E-state index contributed by atoms with van der Waals surface area (Å²) in [6.07, 6.45) is 3.92. The Kier molecular flexibility index (Phi) is 5.02. The molecule has 104 valence electrons. The minimum atomic E-state index is 0.492. The van der Waals surface area contributed by atoms with E-state index in [0.717, 1.165) is 33.6 Å². The van der Waals surface area contributed by atoms with E-state index in [4.69, 9.17) is 17.3 Å². The van der Waals surface area contributed by atoms with E-state index in [9.17, 15) is 0 Å². The molecule has 0 spiro atoms. The molecule has 0 saturated heterocycles. The number of aromatic nitrogens is 2. The zero-order valence-corrected chi connectivity index (χ0v) is 12.9. The molecule has 2 aromatic heterocycles. The minimum Gasteiger partial charge on any atom is -0.341 e. The van der Waals surface area contributed by atoms with Gasteiger partial charge in [0, 0.05) is 6.42 Å². The predicted octanol–water partition coefficient (Wildman–Crippen LogP) is 3.96. The third-order valence-electron chi connectivity index (χ3n) is 3.09. The van der Waals surface area contributed by atoms with Crippen LogP contribution in [0.15, 0.2) is 18.3 Å². The molecular formula is C14H20ClN3S. The van der Waals surface area contributed by atoms with Crippen molar-refractivity contribution in [2.75, 3.05) is 6.54 Å². The Balaban J connectivity index is 2.04. The van der Waals surface area contributed by atoms with E-state index < -0.39 is 0 Å². The Morgan fingerprint density at radius 3 is 2.79 bits per heavy atom. The second kappa shape index (κ2) is 6.55. The number of hydrogen-bond acceptors (Lipinski definition) is 3. The first-order valence-electron chi connectivity index (χ1n) is 6.58. The van der Waals surface area contributed by atoms with Gasteiger partial charge in [0.25, 0.3) is 0 Å². The first-order chi connectivity index (χ1) is 9.08. The van der Waals surface area contributed by atoms with E-state index in [2.05, 4.69) is 23.8 Å². The molecule has 5 heteroatoms. The lowest BCUT2D eigenvalue weighted by molar-refractivity contribution is 0.409. The summed E-state index contributed by atoms with van der Waals surface area (Å²) in [4.78, 5) is 8.94. The highest BCUT2D eigenvalue weighted by Gasteiger charge is 2.13. The number of nitrogens with zero attached hydrogens (tertiary/aromatic N) is 1. The smallest absolute Gasteiger partial charge is 0.106 e. The number of hydrogen-bond donors (Lipinski definition) is 2. The van der Waals surface area contributed by atoms with Crippen LogP contribution in [0.1, 0.15) is 26.1 Å². The zero-order valence-electron chi connectivity index (χ0n) is 11.3. The first-order valence-corrected chi connectivity index (χ1v) is 7.77. The third-order valence-corrected chi connectivity index (χ3v) is 4.35. The number of thiophene rings is 1. The van der Waals surface area contributed by atoms with Crippen molar-refractivity contribution >= 4 is 22.9 Å². The van der Waals surface area contributed by atoms with Crippen LogP contribution in [0.2, 0.25) is 4.34 Å². The van der Waals surface area contributed by atoms with Crippen LogP contribution >= 0.6 is 22.9 Å². The average Bonchev–Trinajstić information content (AvgIpc) is 2.96. The van der Waals surface area contributed by atoms with Crippen molar-refractivity contribution in [3.8, 4) is 10.6 Å². The Labute approximate surface area is 123 Å². The van der Waals surface area contributed by atoms with Gasteiger partial charge in [0.1, 0.15) is 5.82 Å². The lowest BCUT2D eigenvalue weighted by atomic mass is 9.94. The van der Waals surface area contributed by atoms with Crippen LogP contribution in [-0.2, 0) is 6.42 Å². The molecular weight excluding hydrogens is 278 g/mol. The number of nitrogens with two attached hydrogens (primary N) is 1. The number of H-pyrrole nitrogens is 1. The van der Waals surface area contributed by atoms with Gasteiger partial charge in [0.2, 0.25) is 0 Å². The van der Waals surface area contributed by atoms with Gasteiger partial charge in [0.15, 0.2) is 0 Å². The summed E-state index contributed by atoms with van der Waals surface area (Å²) in [6.45, 7) is 5.16. The molecule has 0 aliphatic rings. The fourth-order valence-corrected chi connectivity index (χ4v) is 3.26. The van der Waals surface area contributed by atoms with Crippen molar-refractivity contribution in [1.82, 2.24) is 9.97 Å². The van der Waals surface area contributed by atoms with Crippen LogP contribution in [0, 0.1) is 11.8 Å². The summed E-state index contributed by atoms with van der Waals surface area (Å²) in [5.74, 6) is 2.17. The van der Waals surface area contributed by atoms with Crippen molar-refractivity contribution in [2.24, 2.45) is 17.6 Å². The van der Waals surface area contributed by atoms with E-state index in [1.165, 1.54) is 0 Å². The van der Waals surface area contributed by atoms with Crippen molar-refractivity contribution in [1.29, 1.82) is 0 Å². The van der Waals surface area contributed by atoms with Crippen LogP contribution in [0.4, 0.5) is 0 Å². The second-order valence-corrected chi connectivity index (χ2v) is 7.00. The summed E-state index contributed by atoms with van der Waals surface area (Å²) in [7, 11) is 0. The predicted molar refractivity (Wildman–Crippen MR) is 82.6 cm³/mol. The van der Waals surface area contributed by atoms with Gasteiger partial charge in [-0.05, 0) is 36.9 Å². The molecule has 3 N–H and O–H groups in total. The number of imidazole rings is 1.